The highest BCUT2D eigenvalue weighted by molar-refractivity contribution is 7.98. The first-order valence-electron chi connectivity index (χ1n) is 5.48. The largest absolute Gasteiger partial charge is 0.478 e. The first-order valence-corrected chi connectivity index (χ1v) is 6.64. The maximum absolute atomic E-state index is 10.4. The normalized spacial score (nSPS) is 12.8. The lowest BCUT2D eigenvalue weighted by Gasteiger charge is -2.06. The number of carboxylic acid groups (broad SMARTS) is 1. The van der Waals surface area contributed by atoms with E-state index in [1.165, 1.54) is 11.8 Å². The second-order valence-electron chi connectivity index (χ2n) is 3.77. The molecule has 0 aliphatic heterocycles. The Hall–Kier alpha value is -1.30. The fourth-order valence-electron chi connectivity index (χ4n) is 1.32. The highest BCUT2D eigenvalue weighted by Gasteiger charge is 2.02. The van der Waals surface area contributed by atoms with E-state index < -0.39 is 12.1 Å². The van der Waals surface area contributed by atoms with Gasteiger partial charge in [0.1, 0.15) is 0 Å². The van der Waals surface area contributed by atoms with Crippen LogP contribution in [0.2, 0.25) is 0 Å². The van der Waals surface area contributed by atoms with E-state index in [2.05, 4.69) is 0 Å². The molecule has 4 nitrogen and oxygen atoms in total. The Bertz CT molecular complexity index is 417. The predicted octanol–water partition coefficient (Wildman–Crippen LogP) is 1.37. The molecule has 1 aromatic carbocycles. The van der Waals surface area contributed by atoms with Gasteiger partial charge in [-0.3, -0.25) is 0 Å². The molecule has 5 heteroatoms. The van der Waals surface area contributed by atoms with E-state index in [1.54, 1.807) is 6.08 Å². The van der Waals surface area contributed by atoms with Crippen molar-refractivity contribution in [2.45, 2.75) is 11.9 Å². The van der Waals surface area contributed by atoms with Gasteiger partial charge in [-0.15, -0.1) is 0 Å². The van der Waals surface area contributed by atoms with Crippen LogP contribution in [0.5, 0.6) is 0 Å². The summed E-state index contributed by atoms with van der Waals surface area (Å²) in [6.45, 7) is -0.228. The average Bonchev–Trinajstić information content (AvgIpc) is 2.36. The summed E-state index contributed by atoms with van der Waals surface area (Å²) in [5.41, 5.74) is 1.89. The smallest absolute Gasteiger partial charge is 0.328 e. The fraction of sp³-hybridized carbons (Fsp3) is 0.308. The SMILES string of the molecule is O=C(O)C=Cc1cccc(CSCC(O)CO)c1. The van der Waals surface area contributed by atoms with Crippen LogP contribution >= 0.6 is 11.8 Å². The Morgan fingerprint density at radius 1 is 1.44 bits per heavy atom. The minimum atomic E-state index is -0.971. The lowest BCUT2D eigenvalue weighted by Crippen LogP contribution is -2.14. The van der Waals surface area contributed by atoms with Crippen LogP contribution in [0.15, 0.2) is 30.3 Å². The molecule has 0 heterocycles. The van der Waals surface area contributed by atoms with Crippen molar-refractivity contribution in [1.82, 2.24) is 0 Å². The third kappa shape index (κ3) is 5.86. The van der Waals surface area contributed by atoms with Gasteiger partial charge in [0, 0.05) is 17.6 Å². The van der Waals surface area contributed by atoms with Crippen molar-refractivity contribution in [3.8, 4) is 0 Å². The van der Waals surface area contributed by atoms with Gasteiger partial charge in [-0.2, -0.15) is 11.8 Å². The number of rotatable bonds is 7. The van der Waals surface area contributed by atoms with E-state index in [0.29, 0.717) is 11.5 Å². The molecule has 18 heavy (non-hydrogen) atoms. The number of thioether (sulfide) groups is 1. The fourth-order valence-corrected chi connectivity index (χ4v) is 2.23. The summed E-state index contributed by atoms with van der Waals surface area (Å²) in [4.78, 5) is 10.4. The molecule has 3 N–H and O–H groups in total. The number of aliphatic hydroxyl groups is 2. The van der Waals surface area contributed by atoms with Gasteiger partial charge in [-0.05, 0) is 17.2 Å². The van der Waals surface area contributed by atoms with E-state index in [4.69, 9.17) is 10.2 Å². The van der Waals surface area contributed by atoms with Crippen LogP contribution in [0, 0.1) is 0 Å². The molecule has 1 atom stereocenters. The molecular weight excluding hydrogens is 252 g/mol. The molecule has 0 aliphatic rings. The van der Waals surface area contributed by atoms with Gasteiger partial charge in [0.25, 0.3) is 0 Å². The number of hydrogen-bond acceptors (Lipinski definition) is 4. The zero-order valence-corrected chi connectivity index (χ0v) is 10.6. The summed E-state index contributed by atoms with van der Waals surface area (Å²) >= 11 is 1.52. The second-order valence-corrected chi connectivity index (χ2v) is 4.80. The van der Waals surface area contributed by atoms with Crippen LogP contribution < -0.4 is 0 Å². The van der Waals surface area contributed by atoms with Gasteiger partial charge in [-0.25, -0.2) is 4.79 Å². The quantitative estimate of drug-likeness (QED) is 0.651. The minimum absolute atomic E-state index is 0.228. The van der Waals surface area contributed by atoms with Gasteiger partial charge in [0.05, 0.1) is 12.7 Å². The molecule has 0 aromatic heterocycles. The topological polar surface area (TPSA) is 77.8 Å². The number of carboxylic acids is 1. The van der Waals surface area contributed by atoms with Gasteiger partial charge in [0.2, 0.25) is 0 Å². The first-order chi connectivity index (χ1) is 8.61. The van der Waals surface area contributed by atoms with Crippen molar-refractivity contribution < 1.29 is 20.1 Å². The van der Waals surface area contributed by atoms with Crippen molar-refractivity contribution in [3.05, 3.63) is 41.5 Å². The molecular formula is C13H16O4S. The monoisotopic (exact) mass is 268 g/mol. The summed E-state index contributed by atoms with van der Waals surface area (Å²) in [7, 11) is 0. The van der Waals surface area contributed by atoms with E-state index in [9.17, 15) is 9.90 Å². The summed E-state index contributed by atoms with van der Waals surface area (Å²) in [5, 5.41) is 26.4. The number of carbonyl (C=O) groups is 1. The summed E-state index contributed by atoms with van der Waals surface area (Å²) in [5.74, 6) is 0.221. The molecule has 1 rings (SSSR count). The van der Waals surface area contributed by atoms with Crippen LogP contribution in [0.4, 0.5) is 0 Å². The van der Waals surface area contributed by atoms with Crippen molar-refractivity contribution >= 4 is 23.8 Å². The van der Waals surface area contributed by atoms with E-state index >= 15 is 0 Å². The summed E-state index contributed by atoms with van der Waals surface area (Å²) in [6.07, 6.45) is 1.95. The summed E-state index contributed by atoms with van der Waals surface area (Å²) in [6, 6.07) is 7.53. The molecule has 0 aliphatic carbocycles. The number of aliphatic hydroxyl groups excluding tert-OH is 2. The Labute approximate surface area is 110 Å². The predicted molar refractivity (Wildman–Crippen MR) is 72.4 cm³/mol. The van der Waals surface area contributed by atoms with Crippen LogP contribution in [0.3, 0.4) is 0 Å². The lowest BCUT2D eigenvalue weighted by molar-refractivity contribution is -0.131. The Morgan fingerprint density at radius 3 is 2.89 bits per heavy atom. The summed E-state index contributed by atoms with van der Waals surface area (Å²) < 4.78 is 0. The second kappa shape index (κ2) is 7.92. The van der Waals surface area contributed by atoms with Crippen LogP contribution in [-0.2, 0) is 10.5 Å². The maximum atomic E-state index is 10.4. The van der Waals surface area contributed by atoms with Crippen LogP contribution in [-0.4, -0.2) is 39.8 Å². The van der Waals surface area contributed by atoms with E-state index in [0.717, 1.165) is 17.2 Å². The Morgan fingerprint density at radius 2 is 2.22 bits per heavy atom. The molecule has 98 valence electrons. The zero-order valence-electron chi connectivity index (χ0n) is 9.82. The number of aliphatic carboxylic acids is 1. The molecule has 0 fully saturated rings. The molecule has 0 saturated carbocycles. The van der Waals surface area contributed by atoms with Crippen molar-refractivity contribution in [1.29, 1.82) is 0 Å². The highest BCUT2D eigenvalue weighted by Crippen LogP contribution is 2.15. The van der Waals surface area contributed by atoms with Gasteiger partial charge >= 0.3 is 5.97 Å². The van der Waals surface area contributed by atoms with Crippen molar-refractivity contribution in [2.75, 3.05) is 12.4 Å². The standard InChI is InChI=1S/C13H16O4S/c14-7-12(15)9-18-8-11-3-1-2-10(6-11)4-5-13(16)17/h1-6,12,14-15H,7-9H2,(H,16,17). The van der Waals surface area contributed by atoms with E-state index in [1.807, 2.05) is 24.3 Å². The maximum Gasteiger partial charge on any atom is 0.328 e. The highest BCUT2D eigenvalue weighted by atomic mass is 32.2. The van der Waals surface area contributed by atoms with Gasteiger partial charge in [-0.1, -0.05) is 24.3 Å². The molecule has 0 amide bonds. The van der Waals surface area contributed by atoms with Crippen LogP contribution in [0.25, 0.3) is 6.08 Å². The Balaban J connectivity index is 2.51. The van der Waals surface area contributed by atoms with E-state index in [-0.39, 0.29) is 6.61 Å². The molecule has 0 spiro atoms. The number of hydrogen-bond donors (Lipinski definition) is 3. The van der Waals surface area contributed by atoms with Crippen molar-refractivity contribution in [2.24, 2.45) is 0 Å². The third-order valence-electron chi connectivity index (χ3n) is 2.16. The van der Waals surface area contributed by atoms with Gasteiger partial charge in [0.15, 0.2) is 0 Å². The molecule has 1 unspecified atom stereocenters. The minimum Gasteiger partial charge on any atom is -0.478 e. The zero-order chi connectivity index (χ0) is 13.4. The molecule has 1 aromatic rings. The van der Waals surface area contributed by atoms with Crippen LogP contribution in [0.1, 0.15) is 11.1 Å². The third-order valence-corrected chi connectivity index (χ3v) is 3.32. The van der Waals surface area contributed by atoms with Gasteiger partial charge < -0.3 is 15.3 Å². The molecule has 0 saturated heterocycles. The molecule has 0 bridgehead atoms. The molecule has 0 radical (unpaired) electrons. The van der Waals surface area contributed by atoms with Crippen molar-refractivity contribution in [3.63, 3.8) is 0 Å². The Kier molecular flexibility index (Phi) is 6.49. The average molecular weight is 268 g/mol. The first kappa shape index (κ1) is 14.8. The number of benzene rings is 1. The lowest BCUT2D eigenvalue weighted by atomic mass is 10.1.